The number of rotatable bonds is 6. The van der Waals surface area contributed by atoms with Gasteiger partial charge in [-0.2, -0.15) is 5.10 Å². The van der Waals surface area contributed by atoms with Crippen LogP contribution < -0.4 is 16.2 Å². The normalized spacial score (nSPS) is 10.8. The number of anilines is 1. The minimum Gasteiger partial charge on any atom is -0.376 e. The minimum atomic E-state index is -0.376. The van der Waals surface area contributed by atoms with Crippen LogP contribution in [0.15, 0.2) is 54.6 Å². The summed E-state index contributed by atoms with van der Waals surface area (Å²) in [5.74, 6) is -0.723. The van der Waals surface area contributed by atoms with E-state index in [-0.39, 0.29) is 18.4 Å². The van der Waals surface area contributed by atoms with Crippen LogP contribution in [-0.2, 0) is 11.3 Å². The molecule has 0 aliphatic carbocycles. The smallest absolute Gasteiger partial charge is 0.279 e. The van der Waals surface area contributed by atoms with Crippen LogP contribution in [0, 0.1) is 13.8 Å². The molecule has 0 bridgehead atoms. The zero-order valence-corrected chi connectivity index (χ0v) is 19.2. The number of nitrogens with zero attached hydrogens (tertiary/aromatic N) is 2. The van der Waals surface area contributed by atoms with Gasteiger partial charge in [-0.05, 0) is 43.7 Å². The fourth-order valence-corrected chi connectivity index (χ4v) is 4.46. The molecule has 164 valence electrons. The van der Waals surface area contributed by atoms with E-state index >= 15 is 0 Å². The lowest BCUT2D eigenvalue weighted by Gasteiger charge is -2.08. The number of hydrazine groups is 1. The number of hydrogen-bond donors (Lipinski definition) is 3. The van der Waals surface area contributed by atoms with Gasteiger partial charge in [0.25, 0.3) is 11.8 Å². The zero-order valence-electron chi connectivity index (χ0n) is 17.6. The molecule has 32 heavy (non-hydrogen) atoms. The van der Waals surface area contributed by atoms with E-state index in [1.54, 1.807) is 6.07 Å². The number of aromatic nitrogens is 2. The number of carbonyl (C=O) groups is 2. The molecule has 0 spiro atoms. The molecule has 0 aliphatic rings. The number of benzene rings is 2. The minimum absolute atomic E-state index is 0.0433. The zero-order chi connectivity index (χ0) is 22.7. The lowest BCUT2D eigenvalue weighted by molar-refractivity contribution is -0.120. The van der Waals surface area contributed by atoms with Crippen LogP contribution in [0.3, 0.4) is 0 Å². The number of hydrogen-bond acceptors (Lipinski definition) is 5. The molecule has 0 atom stereocenters. The molecule has 0 fully saturated rings. The van der Waals surface area contributed by atoms with E-state index in [1.165, 1.54) is 11.3 Å². The third-order valence-corrected chi connectivity index (χ3v) is 6.45. The lowest BCUT2D eigenvalue weighted by Crippen LogP contribution is -2.43. The Hall–Kier alpha value is -3.36. The first-order valence-electron chi connectivity index (χ1n) is 10.0. The monoisotopic (exact) mass is 467 g/mol. The molecule has 0 unspecified atom stereocenters. The highest BCUT2D eigenvalue weighted by atomic mass is 35.5. The number of nitrogens with one attached hydrogen (secondary N) is 3. The van der Waals surface area contributed by atoms with Gasteiger partial charge >= 0.3 is 0 Å². The van der Waals surface area contributed by atoms with Crippen LogP contribution in [0.4, 0.5) is 5.69 Å². The van der Waals surface area contributed by atoms with Crippen molar-refractivity contribution >= 4 is 50.7 Å². The molecule has 0 radical (unpaired) electrons. The van der Waals surface area contributed by atoms with Crippen LogP contribution in [0.1, 0.15) is 26.5 Å². The van der Waals surface area contributed by atoms with E-state index in [4.69, 9.17) is 11.6 Å². The fourth-order valence-electron chi connectivity index (χ4n) is 3.21. The van der Waals surface area contributed by atoms with Gasteiger partial charge in [0, 0.05) is 16.1 Å². The summed E-state index contributed by atoms with van der Waals surface area (Å²) in [5, 5.41) is 9.16. The molecule has 2 amide bonds. The molecule has 9 heteroatoms. The summed E-state index contributed by atoms with van der Waals surface area (Å²) in [6.45, 7) is 4.45. The Balaban J connectivity index is 1.39. The van der Waals surface area contributed by atoms with E-state index in [2.05, 4.69) is 21.3 Å². The van der Waals surface area contributed by atoms with Gasteiger partial charge in [0.2, 0.25) is 0 Å². The van der Waals surface area contributed by atoms with E-state index in [0.29, 0.717) is 16.4 Å². The van der Waals surface area contributed by atoms with Gasteiger partial charge in [0.05, 0.1) is 23.7 Å². The number of fused-ring (bicyclic) bond motifs is 1. The van der Waals surface area contributed by atoms with Gasteiger partial charge in [0.1, 0.15) is 4.83 Å². The maximum atomic E-state index is 12.6. The van der Waals surface area contributed by atoms with Crippen LogP contribution in [0.2, 0.25) is 5.02 Å². The largest absolute Gasteiger partial charge is 0.376 e. The van der Waals surface area contributed by atoms with Crippen molar-refractivity contribution < 1.29 is 9.59 Å². The first-order valence-corrected chi connectivity index (χ1v) is 11.2. The van der Waals surface area contributed by atoms with Crippen molar-refractivity contribution in [3.8, 4) is 0 Å². The van der Waals surface area contributed by atoms with Gasteiger partial charge in [-0.15, -0.1) is 11.3 Å². The molecule has 0 saturated carbocycles. The summed E-state index contributed by atoms with van der Waals surface area (Å²) in [6, 6.07) is 17.1. The second-order valence-electron chi connectivity index (χ2n) is 7.39. The van der Waals surface area contributed by atoms with E-state index in [0.717, 1.165) is 32.7 Å². The Morgan fingerprint density at radius 2 is 1.81 bits per heavy atom. The van der Waals surface area contributed by atoms with Crippen molar-refractivity contribution in [2.24, 2.45) is 0 Å². The van der Waals surface area contributed by atoms with Crippen molar-refractivity contribution in [3.63, 3.8) is 0 Å². The molecule has 3 N–H and O–H groups in total. The number of carbonyl (C=O) groups excluding carboxylic acids is 2. The summed E-state index contributed by atoms with van der Waals surface area (Å²) < 4.78 is 1.84. The summed E-state index contributed by atoms with van der Waals surface area (Å²) >= 11 is 7.60. The van der Waals surface area contributed by atoms with Gasteiger partial charge in [-0.3, -0.25) is 25.1 Å². The van der Waals surface area contributed by atoms with Crippen molar-refractivity contribution in [3.05, 3.63) is 81.3 Å². The van der Waals surface area contributed by atoms with Gasteiger partial charge in [-0.25, -0.2) is 0 Å². The first-order chi connectivity index (χ1) is 15.4. The van der Waals surface area contributed by atoms with E-state index < -0.39 is 0 Å². The number of thiophene rings is 1. The fraction of sp³-hybridized carbons (Fsp3) is 0.174. The SMILES string of the molecule is Cc1ccc(NCC(=O)NNC(=O)c2cc3c(C)nn(Cc4ccccc4Cl)c3s2)cc1. The number of halogens is 1. The molecule has 4 aromatic rings. The summed E-state index contributed by atoms with van der Waals surface area (Å²) in [6.07, 6.45) is 0. The van der Waals surface area contributed by atoms with E-state index in [9.17, 15) is 9.59 Å². The molecule has 2 aromatic carbocycles. The second-order valence-corrected chi connectivity index (χ2v) is 8.82. The van der Waals surface area contributed by atoms with Crippen LogP contribution in [-0.4, -0.2) is 28.1 Å². The highest BCUT2D eigenvalue weighted by molar-refractivity contribution is 7.20. The summed E-state index contributed by atoms with van der Waals surface area (Å²) in [4.78, 5) is 26.0. The Morgan fingerprint density at radius 1 is 1.06 bits per heavy atom. The van der Waals surface area contributed by atoms with E-state index in [1.807, 2.05) is 67.1 Å². The number of aryl methyl sites for hydroxylation is 2. The van der Waals surface area contributed by atoms with Crippen molar-refractivity contribution in [2.75, 3.05) is 11.9 Å². The Bertz CT molecular complexity index is 1280. The topological polar surface area (TPSA) is 88.1 Å². The Kier molecular flexibility index (Phi) is 6.43. The Labute approximate surface area is 194 Å². The number of amides is 2. The van der Waals surface area contributed by atoms with Crippen molar-refractivity contribution in [1.82, 2.24) is 20.6 Å². The van der Waals surface area contributed by atoms with Gasteiger partial charge < -0.3 is 5.32 Å². The molecular formula is C23H22ClN5O2S. The molecular weight excluding hydrogens is 446 g/mol. The summed E-state index contributed by atoms with van der Waals surface area (Å²) in [7, 11) is 0. The highest BCUT2D eigenvalue weighted by Gasteiger charge is 2.17. The highest BCUT2D eigenvalue weighted by Crippen LogP contribution is 2.29. The van der Waals surface area contributed by atoms with Gasteiger partial charge in [-0.1, -0.05) is 47.5 Å². The predicted molar refractivity (Wildman–Crippen MR) is 128 cm³/mol. The molecule has 0 saturated heterocycles. The molecule has 2 heterocycles. The van der Waals surface area contributed by atoms with Crippen LogP contribution in [0.5, 0.6) is 0 Å². The molecule has 0 aliphatic heterocycles. The Morgan fingerprint density at radius 3 is 2.56 bits per heavy atom. The predicted octanol–water partition coefficient (Wildman–Crippen LogP) is 4.29. The van der Waals surface area contributed by atoms with Crippen LogP contribution >= 0.6 is 22.9 Å². The maximum Gasteiger partial charge on any atom is 0.279 e. The first kappa shape index (κ1) is 21.9. The third-order valence-electron chi connectivity index (χ3n) is 4.93. The van der Waals surface area contributed by atoms with Crippen LogP contribution in [0.25, 0.3) is 10.2 Å². The quantitative estimate of drug-likeness (QED) is 0.369. The summed E-state index contributed by atoms with van der Waals surface area (Å²) in [5.41, 5.74) is 8.67. The van der Waals surface area contributed by atoms with Crippen molar-refractivity contribution in [2.45, 2.75) is 20.4 Å². The molecule has 4 rings (SSSR count). The average molecular weight is 468 g/mol. The maximum absolute atomic E-state index is 12.6. The standard InChI is InChI=1S/C23H22ClN5O2S/c1-14-7-9-17(10-8-14)25-12-21(30)26-27-22(31)20-11-18-15(2)28-29(23(18)32-20)13-16-5-3-4-6-19(16)24/h3-11,25H,12-13H2,1-2H3,(H,26,30)(H,27,31). The molecule has 2 aromatic heterocycles. The van der Waals surface area contributed by atoms with Gasteiger partial charge in [0.15, 0.2) is 0 Å². The molecule has 7 nitrogen and oxygen atoms in total. The average Bonchev–Trinajstić information content (AvgIpc) is 3.34. The third kappa shape index (κ3) is 4.92. The lowest BCUT2D eigenvalue weighted by atomic mass is 10.2. The second kappa shape index (κ2) is 9.42. The van der Waals surface area contributed by atoms with Crippen molar-refractivity contribution in [1.29, 1.82) is 0 Å².